The SMILES string of the molecule is CCOC(=O)c1cc(Cl)ccc1S(=O)(=O)Cl. The van der Waals surface area contributed by atoms with Crippen molar-refractivity contribution in [3.05, 3.63) is 28.8 Å². The number of carbonyl (C=O) groups is 1. The van der Waals surface area contributed by atoms with Crippen LogP contribution in [0.25, 0.3) is 0 Å². The highest BCUT2D eigenvalue weighted by Gasteiger charge is 2.21. The molecule has 0 fully saturated rings. The number of hydrogen-bond acceptors (Lipinski definition) is 4. The van der Waals surface area contributed by atoms with Gasteiger partial charge >= 0.3 is 5.97 Å². The lowest BCUT2D eigenvalue weighted by atomic mass is 10.2. The Bertz CT molecular complexity index is 510. The Morgan fingerprint density at radius 2 is 2.06 bits per heavy atom. The fourth-order valence-electron chi connectivity index (χ4n) is 1.08. The van der Waals surface area contributed by atoms with E-state index in [9.17, 15) is 13.2 Å². The summed E-state index contributed by atoms with van der Waals surface area (Å²) in [6, 6.07) is 3.70. The molecule has 0 spiro atoms. The molecule has 1 rings (SSSR count). The molecule has 0 aliphatic rings. The van der Waals surface area contributed by atoms with Gasteiger partial charge in [-0.15, -0.1) is 0 Å². The van der Waals surface area contributed by atoms with Crippen LogP contribution in [0.2, 0.25) is 5.02 Å². The fourth-order valence-corrected chi connectivity index (χ4v) is 2.29. The van der Waals surface area contributed by atoms with Crippen LogP contribution in [0.3, 0.4) is 0 Å². The van der Waals surface area contributed by atoms with Crippen LogP contribution in [0, 0.1) is 0 Å². The first-order valence-electron chi connectivity index (χ1n) is 4.27. The minimum Gasteiger partial charge on any atom is -0.462 e. The zero-order chi connectivity index (χ0) is 12.3. The van der Waals surface area contributed by atoms with E-state index < -0.39 is 15.0 Å². The number of ether oxygens (including phenoxy) is 1. The standard InChI is InChI=1S/C9H8Cl2O4S/c1-2-15-9(12)7-5-6(10)3-4-8(7)16(11,13)14/h3-5H,2H2,1H3. The molecule has 16 heavy (non-hydrogen) atoms. The molecule has 0 bridgehead atoms. The van der Waals surface area contributed by atoms with Crippen LogP contribution in [0.4, 0.5) is 0 Å². The second-order valence-corrected chi connectivity index (χ2v) is 5.77. The maximum Gasteiger partial charge on any atom is 0.339 e. The summed E-state index contributed by atoms with van der Waals surface area (Å²) in [6.45, 7) is 1.74. The third-order valence-electron chi connectivity index (χ3n) is 1.70. The quantitative estimate of drug-likeness (QED) is 0.631. The van der Waals surface area contributed by atoms with Crippen molar-refractivity contribution in [3.63, 3.8) is 0 Å². The summed E-state index contributed by atoms with van der Waals surface area (Å²) < 4.78 is 27.1. The van der Waals surface area contributed by atoms with Crippen molar-refractivity contribution in [1.29, 1.82) is 0 Å². The maximum atomic E-state index is 11.5. The van der Waals surface area contributed by atoms with E-state index in [-0.39, 0.29) is 22.1 Å². The topological polar surface area (TPSA) is 60.4 Å². The molecule has 0 radical (unpaired) electrons. The van der Waals surface area contributed by atoms with Gasteiger partial charge in [0.2, 0.25) is 0 Å². The van der Waals surface area contributed by atoms with Gasteiger partial charge in [-0.2, -0.15) is 0 Å². The molecule has 0 amide bonds. The summed E-state index contributed by atoms with van der Waals surface area (Å²) in [7, 11) is 1.18. The van der Waals surface area contributed by atoms with Crippen LogP contribution in [0.1, 0.15) is 17.3 Å². The monoisotopic (exact) mass is 282 g/mol. The van der Waals surface area contributed by atoms with Crippen LogP contribution in [0.15, 0.2) is 23.1 Å². The van der Waals surface area contributed by atoms with E-state index in [1.165, 1.54) is 12.1 Å². The van der Waals surface area contributed by atoms with E-state index in [1.807, 2.05) is 0 Å². The van der Waals surface area contributed by atoms with Crippen LogP contribution < -0.4 is 0 Å². The normalized spacial score (nSPS) is 11.2. The summed E-state index contributed by atoms with van der Waals surface area (Å²) >= 11 is 5.67. The number of carbonyl (C=O) groups excluding carboxylic acids is 1. The first-order valence-corrected chi connectivity index (χ1v) is 6.96. The van der Waals surface area contributed by atoms with Crippen molar-refractivity contribution < 1.29 is 17.9 Å². The zero-order valence-electron chi connectivity index (χ0n) is 8.24. The Hall–Kier alpha value is -0.780. The van der Waals surface area contributed by atoms with Gasteiger partial charge in [-0.25, -0.2) is 13.2 Å². The molecule has 1 aromatic rings. The predicted molar refractivity (Wildman–Crippen MR) is 60.4 cm³/mol. The lowest BCUT2D eigenvalue weighted by molar-refractivity contribution is 0.0522. The van der Waals surface area contributed by atoms with E-state index in [0.717, 1.165) is 6.07 Å². The van der Waals surface area contributed by atoms with Crippen molar-refractivity contribution in [3.8, 4) is 0 Å². The lowest BCUT2D eigenvalue weighted by Crippen LogP contribution is -2.09. The Morgan fingerprint density at radius 3 is 2.56 bits per heavy atom. The van der Waals surface area contributed by atoms with Gasteiger partial charge in [0.25, 0.3) is 9.05 Å². The first kappa shape index (κ1) is 13.3. The average molecular weight is 283 g/mol. The molecule has 0 aromatic heterocycles. The number of rotatable bonds is 3. The average Bonchev–Trinajstić information content (AvgIpc) is 2.16. The summed E-state index contributed by atoms with van der Waals surface area (Å²) in [6.07, 6.45) is 0. The van der Waals surface area contributed by atoms with E-state index in [2.05, 4.69) is 0 Å². The highest BCUT2D eigenvalue weighted by molar-refractivity contribution is 8.13. The maximum absolute atomic E-state index is 11.5. The Kier molecular flexibility index (Phi) is 4.18. The van der Waals surface area contributed by atoms with Gasteiger partial charge in [0.1, 0.15) is 0 Å². The lowest BCUT2D eigenvalue weighted by Gasteiger charge is -2.06. The molecule has 0 aliphatic carbocycles. The molecule has 0 atom stereocenters. The molecule has 0 heterocycles. The highest BCUT2D eigenvalue weighted by atomic mass is 35.7. The second kappa shape index (κ2) is 5.03. The van der Waals surface area contributed by atoms with Crippen molar-refractivity contribution in [2.45, 2.75) is 11.8 Å². The van der Waals surface area contributed by atoms with Gasteiger partial charge in [0.15, 0.2) is 0 Å². The van der Waals surface area contributed by atoms with Crippen molar-refractivity contribution in [2.75, 3.05) is 6.61 Å². The third kappa shape index (κ3) is 3.10. The molecule has 0 N–H and O–H groups in total. The number of benzene rings is 1. The first-order chi connectivity index (χ1) is 7.36. The summed E-state index contributed by atoms with van der Waals surface area (Å²) in [5.74, 6) is -0.774. The summed E-state index contributed by atoms with van der Waals surface area (Å²) in [5, 5.41) is 0.229. The van der Waals surface area contributed by atoms with Gasteiger partial charge in [-0.1, -0.05) is 11.6 Å². The van der Waals surface area contributed by atoms with Crippen LogP contribution in [-0.2, 0) is 13.8 Å². The second-order valence-electron chi connectivity index (χ2n) is 2.80. The van der Waals surface area contributed by atoms with Gasteiger partial charge in [-0.05, 0) is 25.1 Å². The Balaban J connectivity index is 3.35. The van der Waals surface area contributed by atoms with Gasteiger partial charge in [-0.3, -0.25) is 0 Å². The number of esters is 1. The van der Waals surface area contributed by atoms with Gasteiger partial charge < -0.3 is 4.74 Å². The minimum absolute atomic E-state index is 0.132. The summed E-state index contributed by atoms with van der Waals surface area (Å²) in [4.78, 5) is 11.2. The molecule has 0 saturated heterocycles. The van der Waals surface area contributed by atoms with Crippen molar-refractivity contribution >= 4 is 37.3 Å². The number of hydrogen-bond donors (Lipinski definition) is 0. The molecule has 0 saturated carbocycles. The largest absolute Gasteiger partial charge is 0.462 e. The van der Waals surface area contributed by atoms with Gasteiger partial charge in [0.05, 0.1) is 17.1 Å². The molecule has 0 unspecified atom stereocenters. The molecule has 1 aromatic carbocycles. The van der Waals surface area contributed by atoms with Crippen molar-refractivity contribution in [2.24, 2.45) is 0 Å². The zero-order valence-corrected chi connectivity index (χ0v) is 10.6. The highest BCUT2D eigenvalue weighted by Crippen LogP contribution is 2.24. The molecular weight excluding hydrogens is 275 g/mol. The molecular formula is C9H8Cl2O4S. The van der Waals surface area contributed by atoms with E-state index in [4.69, 9.17) is 27.0 Å². The predicted octanol–water partition coefficient (Wildman–Crippen LogP) is 2.44. The Morgan fingerprint density at radius 1 is 1.44 bits per heavy atom. The number of halogens is 2. The van der Waals surface area contributed by atoms with E-state index >= 15 is 0 Å². The molecule has 0 aliphatic heterocycles. The molecule has 88 valence electrons. The van der Waals surface area contributed by atoms with Gasteiger partial charge in [0, 0.05) is 15.7 Å². The van der Waals surface area contributed by atoms with E-state index in [1.54, 1.807) is 6.92 Å². The molecule has 7 heteroatoms. The fraction of sp³-hybridized carbons (Fsp3) is 0.222. The van der Waals surface area contributed by atoms with Crippen molar-refractivity contribution in [1.82, 2.24) is 0 Å². The van der Waals surface area contributed by atoms with Crippen LogP contribution >= 0.6 is 22.3 Å². The third-order valence-corrected chi connectivity index (χ3v) is 3.31. The van der Waals surface area contributed by atoms with Crippen LogP contribution in [-0.4, -0.2) is 21.0 Å². The minimum atomic E-state index is -4.00. The molecule has 4 nitrogen and oxygen atoms in total. The van der Waals surface area contributed by atoms with E-state index in [0.29, 0.717) is 0 Å². The smallest absolute Gasteiger partial charge is 0.339 e. The Labute approximate surface area is 103 Å². The van der Waals surface area contributed by atoms with Crippen LogP contribution in [0.5, 0.6) is 0 Å². The summed E-state index contributed by atoms with van der Waals surface area (Å²) in [5.41, 5.74) is -0.163.